The SMILES string of the molecule is Cc1cc(C(C(=O)N2CCCC2C2=N[C@@](C)(c3ccc(-c4scnc4C)cc3)C(=O)N2)C(C)C)on1. The Morgan fingerprint density at radius 3 is 2.61 bits per heavy atom. The summed E-state index contributed by atoms with van der Waals surface area (Å²) in [5, 5.41) is 6.99. The van der Waals surface area contributed by atoms with Crippen LogP contribution >= 0.6 is 11.3 Å². The van der Waals surface area contributed by atoms with Gasteiger partial charge in [0.25, 0.3) is 5.91 Å². The molecule has 0 saturated carbocycles. The molecule has 2 unspecified atom stereocenters. The van der Waals surface area contributed by atoms with E-state index in [-0.39, 0.29) is 23.8 Å². The summed E-state index contributed by atoms with van der Waals surface area (Å²) in [6, 6.07) is 9.50. The van der Waals surface area contributed by atoms with E-state index in [1.807, 2.05) is 75.4 Å². The predicted molar refractivity (Wildman–Crippen MR) is 139 cm³/mol. The summed E-state index contributed by atoms with van der Waals surface area (Å²) in [5.41, 5.74) is 4.41. The lowest BCUT2D eigenvalue weighted by Crippen LogP contribution is -2.48. The van der Waals surface area contributed by atoms with Gasteiger partial charge in [-0.15, -0.1) is 11.3 Å². The predicted octanol–water partition coefficient (Wildman–Crippen LogP) is 4.59. The summed E-state index contributed by atoms with van der Waals surface area (Å²) in [6.07, 6.45) is 1.61. The fraction of sp³-hybridized carbons (Fsp3) is 0.444. The molecule has 1 aromatic carbocycles. The van der Waals surface area contributed by atoms with Crippen LogP contribution in [0, 0.1) is 19.8 Å². The topological polar surface area (TPSA) is 101 Å². The molecule has 2 aliphatic rings. The van der Waals surface area contributed by atoms with Crippen molar-refractivity contribution in [1.29, 1.82) is 0 Å². The number of nitrogens with zero attached hydrogens (tertiary/aromatic N) is 4. The quantitative estimate of drug-likeness (QED) is 0.528. The lowest BCUT2D eigenvalue weighted by Gasteiger charge is -2.29. The molecule has 5 rings (SSSR count). The molecule has 2 aromatic heterocycles. The first-order chi connectivity index (χ1) is 17.2. The highest BCUT2D eigenvalue weighted by atomic mass is 32.1. The summed E-state index contributed by atoms with van der Waals surface area (Å²) < 4.78 is 5.48. The van der Waals surface area contributed by atoms with E-state index in [1.54, 1.807) is 11.3 Å². The van der Waals surface area contributed by atoms with Crippen molar-refractivity contribution in [1.82, 2.24) is 20.4 Å². The summed E-state index contributed by atoms with van der Waals surface area (Å²) in [5.74, 6) is 0.558. The number of aryl methyl sites for hydroxylation is 2. The molecule has 1 N–H and O–H groups in total. The first kappa shape index (κ1) is 24.4. The van der Waals surface area contributed by atoms with Gasteiger partial charge in [-0.3, -0.25) is 9.59 Å². The van der Waals surface area contributed by atoms with Crippen LogP contribution in [0.5, 0.6) is 0 Å². The smallest absolute Gasteiger partial charge is 0.257 e. The number of nitrogens with one attached hydrogen (secondary N) is 1. The van der Waals surface area contributed by atoms with Crippen LogP contribution in [0.1, 0.15) is 62.2 Å². The number of carbonyl (C=O) groups excluding carboxylic acids is 2. The van der Waals surface area contributed by atoms with Gasteiger partial charge in [-0.2, -0.15) is 0 Å². The van der Waals surface area contributed by atoms with Crippen LogP contribution in [0.3, 0.4) is 0 Å². The van der Waals surface area contributed by atoms with E-state index in [4.69, 9.17) is 9.52 Å². The number of amides is 2. The van der Waals surface area contributed by atoms with Crippen molar-refractivity contribution < 1.29 is 14.1 Å². The van der Waals surface area contributed by atoms with E-state index in [2.05, 4.69) is 15.5 Å². The zero-order chi connectivity index (χ0) is 25.6. The number of amidine groups is 1. The second-order valence-electron chi connectivity index (χ2n) is 10.1. The molecule has 36 heavy (non-hydrogen) atoms. The van der Waals surface area contributed by atoms with E-state index >= 15 is 0 Å². The second kappa shape index (κ2) is 9.28. The average molecular weight is 506 g/mol. The summed E-state index contributed by atoms with van der Waals surface area (Å²) in [7, 11) is 0. The Balaban J connectivity index is 1.41. The van der Waals surface area contributed by atoms with Gasteiger partial charge in [0.1, 0.15) is 17.5 Å². The van der Waals surface area contributed by atoms with E-state index in [0.29, 0.717) is 18.1 Å². The van der Waals surface area contributed by atoms with Crippen LogP contribution in [0.4, 0.5) is 0 Å². The number of hydrogen-bond donors (Lipinski definition) is 1. The molecule has 0 radical (unpaired) electrons. The van der Waals surface area contributed by atoms with Gasteiger partial charge in [-0.25, -0.2) is 9.98 Å². The van der Waals surface area contributed by atoms with E-state index in [0.717, 1.165) is 40.2 Å². The molecule has 8 nitrogen and oxygen atoms in total. The van der Waals surface area contributed by atoms with Gasteiger partial charge in [0.15, 0.2) is 5.54 Å². The Morgan fingerprint density at radius 1 is 1.25 bits per heavy atom. The van der Waals surface area contributed by atoms with Crippen molar-refractivity contribution in [2.45, 2.75) is 65.0 Å². The zero-order valence-corrected chi connectivity index (χ0v) is 22.1. The number of aliphatic imine (C=N–C) groups is 1. The van der Waals surface area contributed by atoms with Gasteiger partial charge in [-0.1, -0.05) is 43.3 Å². The largest absolute Gasteiger partial charge is 0.360 e. The number of likely N-dealkylation sites (tertiary alicyclic amines) is 1. The molecular formula is C27H31N5O3S. The zero-order valence-electron chi connectivity index (χ0n) is 21.2. The highest BCUT2D eigenvalue weighted by molar-refractivity contribution is 7.13. The summed E-state index contributed by atoms with van der Waals surface area (Å²) in [4.78, 5) is 39.1. The molecule has 3 aromatic rings. The van der Waals surface area contributed by atoms with Gasteiger partial charge in [0, 0.05) is 12.6 Å². The van der Waals surface area contributed by atoms with Crippen LogP contribution in [0.25, 0.3) is 10.4 Å². The van der Waals surface area contributed by atoms with Crippen LogP contribution in [0.2, 0.25) is 0 Å². The van der Waals surface area contributed by atoms with Crippen LogP contribution < -0.4 is 5.32 Å². The van der Waals surface area contributed by atoms with Crippen LogP contribution in [-0.2, 0) is 15.1 Å². The molecule has 0 bridgehead atoms. The summed E-state index contributed by atoms with van der Waals surface area (Å²) in [6.45, 7) is 10.3. The minimum absolute atomic E-state index is 0.0153. The highest BCUT2D eigenvalue weighted by Crippen LogP contribution is 2.36. The first-order valence-corrected chi connectivity index (χ1v) is 13.2. The first-order valence-electron chi connectivity index (χ1n) is 12.3. The third-order valence-electron chi connectivity index (χ3n) is 7.22. The van der Waals surface area contributed by atoms with Gasteiger partial charge in [-0.05, 0) is 50.7 Å². The van der Waals surface area contributed by atoms with E-state index in [9.17, 15) is 9.59 Å². The number of thiazole rings is 1. The van der Waals surface area contributed by atoms with Gasteiger partial charge in [0.2, 0.25) is 5.91 Å². The van der Waals surface area contributed by atoms with Crippen molar-refractivity contribution in [2.24, 2.45) is 10.9 Å². The van der Waals surface area contributed by atoms with Crippen LogP contribution in [-0.4, -0.2) is 45.3 Å². The third kappa shape index (κ3) is 4.15. The highest BCUT2D eigenvalue weighted by Gasteiger charge is 2.46. The molecule has 188 valence electrons. The molecule has 4 heterocycles. The maximum atomic E-state index is 13.7. The summed E-state index contributed by atoms with van der Waals surface area (Å²) >= 11 is 1.60. The molecule has 0 aliphatic carbocycles. The number of hydrogen-bond acceptors (Lipinski definition) is 7. The monoisotopic (exact) mass is 505 g/mol. The molecule has 9 heteroatoms. The van der Waals surface area contributed by atoms with Gasteiger partial charge in [0.05, 0.1) is 27.8 Å². The standard InChI is InChI=1S/C27H31N5O3S/c1-15(2)22(21-13-16(3)31-35-21)25(33)32-12-6-7-20(32)24-29-26(34)27(5,30-24)19-10-8-18(9-11-19)23-17(4)28-14-36-23/h8-11,13-15,20,22H,6-7,12H2,1-5H3,(H,29,30,34)/t20?,22?,27-/m0/s1. The Morgan fingerprint density at radius 2 is 2.00 bits per heavy atom. The maximum Gasteiger partial charge on any atom is 0.257 e. The van der Waals surface area contributed by atoms with Gasteiger partial charge >= 0.3 is 0 Å². The normalized spacial score (nSPS) is 22.7. The number of aromatic nitrogens is 2. The fourth-order valence-electron chi connectivity index (χ4n) is 5.19. The van der Waals surface area contributed by atoms with Crippen molar-refractivity contribution in [3.8, 4) is 10.4 Å². The number of benzene rings is 1. The molecular weight excluding hydrogens is 474 g/mol. The van der Waals surface area contributed by atoms with Gasteiger partial charge < -0.3 is 14.7 Å². The van der Waals surface area contributed by atoms with Crippen molar-refractivity contribution in [3.05, 3.63) is 58.6 Å². The molecule has 2 aliphatic heterocycles. The van der Waals surface area contributed by atoms with Crippen molar-refractivity contribution >= 4 is 29.0 Å². The van der Waals surface area contributed by atoms with E-state index < -0.39 is 11.5 Å². The Kier molecular flexibility index (Phi) is 6.28. The molecule has 1 saturated heterocycles. The van der Waals surface area contributed by atoms with Crippen LogP contribution in [0.15, 0.2) is 45.4 Å². The fourth-order valence-corrected chi connectivity index (χ4v) is 6.01. The minimum atomic E-state index is -1.05. The molecule has 1 fully saturated rings. The molecule has 3 atom stereocenters. The molecule has 0 spiro atoms. The Hall–Kier alpha value is -3.33. The van der Waals surface area contributed by atoms with Crippen molar-refractivity contribution in [2.75, 3.05) is 6.54 Å². The number of carbonyl (C=O) groups is 2. The van der Waals surface area contributed by atoms with Crippen molar-refractivity contribution in [3.63, 3.8) is 0 Å². The maximum absolute atomic E-state index is 13.7. The lowest BCUT2D eigenvalue weighted by molar-refractivity contribution is -0.134. The average Bonchev–Trinajstić information content (AvgIpc) is 3.63. The number of rotatable bonds is 6. The Bertz CT molecular complexity index is 1330. The second-order valence-corrected chi connectivity index (χ2v) is 11.0. The lowest BCUT2D eigenvalue weighted by atomic mass is 9.91. The molecule has 2 amide bonds. The minimum Gasteiger partial charge on any atom is -0.360 e. The Labute approximate surface area is 214 Å². The third-order valence-corrected chi connectivity index (χ3v) is 8.20. The van der Waals surface area contributed by atoms with E-state index in [1.165, 1.54) is 0 Å².